The van der Waals surface area contributed by atoms with E-state index in [0.29, 0.717) is 21.3 Å². The van der Waals surface area contributed by atoms with Gasteiger partial charge in [0.25, 0.3) is 20.3 Å². The molecule has 3 aromatic rings. The van der Waals surface area contributed by atoms with Crippen molar-refractivity contribution in [3.8, 4) is 0 Å². The Bertz CT molecular complexity index is 1100. The lowest BCUT2D eigenvalue weighted by atomic mass is 10.2. The molecular formula is C16H12Cl2N4O3S2. The molecular weight excluding hydrogens is 431 g/mol. The molecule has 1 heterocycles. The summed E-state index contributed by atoms with van der Waals surface area (Å²) in [5.74, 6) is -0.454. The number of aromatic nitrogens is 2. The third-order valence-electron chi connectivity index (χ3n) is 3.39. The first-order chi connectivity index (χ1) is 12.7. The molecule has 0 bridgehead atoms. The SMILES string of the molecule is Cc1ccc(NS(=O)(=O)c2nnc(NC(=O)c3ccc(Cl)cc3)s2)cc1Cl. The lowest BCUT2D eigenvalue weighted by Crippen LogP contribution is -2.12. The van der Waals surface area contributed by atoms with Crippen LogP contribution >= 0.6 is 34.5 Å². The van der Waals surface area contributed by atoms with Crippen molar-refractivity contribution >= 4 is 61.3 Å². The minimum absolute atomic E-state index is 0.0530. The molecule has 2 N–H and O–H groups in total. The van der Waals surface area contributed by atoms with Gasteiger partial charge >= 0.3 is 0 Å². The van der Waals surface area contributed by atoms with E-state index in [1.165, 1.54) is 6.07 Å². The molecule has 11 heteroatoms. The number of carbonyl (C=O) groups is 1. The highest BCUT2D eigenvalue weighted by Gasteiger charge is 2.21. The van der Waals surface area contributed by atoms with Crippen molar-refractivity contribution < 1.29 is 13.2 Å². The second-order valence-electron chi connectivity index (χ2n) is 5.40. The predicted octanol–water partition coefficient (Wildman–Crippen LogP) is 4.21. The molecule has 0 fully saturated rings. The number of carbonyl (C=O) groups excluding carboxylic acids is 1. The van der Waals surface area contributed by atoms with Crippen LogP contribution in [0.2, 0.25) is 10.0 Å². The number of hydrogen-bond acceptors (Lipinski definition) is 6. The Morgan fingerprint density at radius 1 is 1.07 bits per heavy atom. The number of halogens is 2. The van der Waals surface area contributed by atoms with E-state index in [2.05, 4.69) is 20.2 Å². The molecule has 2 aromatic carbocycles. The summed E-state index contributed by atoms with van der Waals surface area (Å²) in [6.07, 6.45) is 0. The van der Waals surface area contributed by atoms with Crippen molar-refractivity contribution in [2.45, 2.75) is 11.3 Å². The van der Waals surface area contributed by atoms with E-state index >= 15 is 0 Å². The first-order valence-corrected chi connectivity index (χ1v) is 10.5. The molecule has 0 saturated heterocycles. The topological polar surface area (TPSA) is 101 Å². The molecule has 0 aliphatic rings. The molecule has 3 rings (SSSR count). The Morgan fingerprint density at radius 3 is 2.44 bits per heavy atom. The van der Waals surface area contributed by atoms with Crippen molar-refractivity contribution in [3.63, 3.8) is 0 Å². The van der Waals surface area contributed by atoms with E-state index in [9.17, 15) is 13.2 Å². The highest BCUT2D eigenvalue weighted by atomic mass is 35.5. The summed E-state index contributed by atoms with van der Waals surface area (Å²) < 4.78 is 27.0. The molecule has 1 aromatic heterocycles. The van der Waals surface area contributed by atoms with Crippen molar-refractivity contribution in [1.82, 2.24) is 10.2 Å². The van der Waals surface area contributed by atoms with Gasteiger partial charge in [0.2, 0.25) is 5.13 Å². The Labute approximate surface area is 169 Å². The molecule has 1 amide bonds. The zero-order chi connectivity index (χ0) is 19.6. The first-order valence-electron chi connectivity index (χ1n) is 7.44. The monoisotopic (exact) mass is 442 g/mol. The second kappa shape index (κ2) is 7.81. The molecule has 0 unspecified atom stereocenters. The average molecular weight is 443 g/mol. The van der Waals surface area contributed by atoms with Crippen LogP contribution in [0, 0.1) is 6.92 Å². The second-order valence-corrected chi connectivity index (χ2v) is 9.08. The quantitative estimate of drug-likeness (QED) is 0.576. The van der Waals surface area contributed by atoms with E-state index in [4.69, 9.17) is 23.2 Å². The van der Waals surface area contributed by atoms with Gasteiger partial charge in [-0.05, 0) is 48.9 Å². The normalized spacial score (nSPS) is 11.2. The Kier molecular flexibility index (Phi) is 5.66. The first kappa shape index (κ1) is 19.6. The maximum absolute atomic E-state index is 12.4. The summed E-state index contributed by atoms with van der Waals surface area (Å²) in [7, 11) is -3.96. The van der Waals surface area contributed by atoms with Crippen molar-refractivity contribution in [3.05, 3.63) is 63.6 Å². The van der Waals surface area contributed by atoms with Gasteiger partial charge in [-0.2, -0.15) is 8.42 Å². The van der Waals surface area contributed by atoms with Gasteiger partial charge in [-0.1, -0.05) is 40.6 Å². The third-order valence-corrected chi connectivity index (χ3v) is 6.63. The molecule has 0 radical (unpaired) electrons. The van der Waals surface area contributed by atoms with E-state index in [1.807, 2.05) is 0 Å². The van der Waals surface area contributed by atoms with Crippen LogP contribution in [0.5, 0.6) is 0 Å². The smallest absolute Gasteiger partial charge is 0.291 e. The lowest BCUT2D eigenvalue weighted by molar-refractivity contribution is 0.102. The fourth-order valence-electron chi connectivity index (χ4n) is 1.99. The Hall–Kier alpha value is -2.20. The highest BCUT2D eigenvalue weighted by molar-refractivity contribution is 7.94. The van der Waals surface area contributed by atoms with Crippen LogP contribution in [0.4, 0.5) is 10.8 Å². The number of aryl methyl sites for hydroxylation is 1. The van der Waals surface area contributed by atoms with Gasteiger partial charge in [-0.3, -0.25) is 14.8 Å². The molecule has 0 atom stereocenters. The molecule has 7 nitrogen and oxygen atoms in total. The van der Waals surface area contributed by atoms with Crippen LogP contribution in [-0.2, 0) is 10.0 Å². The van der Waals surface area contributed by atoms with E-state index in [1.54, 1.807) is 43.3 Å². The van der Waals surface area contributed by atoms with E-state index in [0.717, 1.165) is 16.9 Å². The van der Waals surface area contributed by atoms with E-state index in [-0.39, 0.29) is 9.47 Å². The molecule has 0 saturated carbocycles. The van der Waals surface area contributed by atoms with Crippen LogP contribution in [0.1, 0.15) is 15.9 Å². The standard InChI is InChI=1S/C16H12Cl2N4O3S2/c1-9-2-7-12(8-13(9)18)22-27(24,25)16-21-20-15(26-16)19-14(23)10-3-5-11(17)6-4-10/h2-8,22H,1H3,(H,19,20,23). The van der Waals surface area contributed by atoms with Gasteiger partial charge in [-0.25, -0.2) is 0 Å². The van der Waals surface area contributed by atoms with Gasteiger partial charge in [-0.15, -0.1) is 10.2 Å². The third kappa shape index (κ3) is 4.75. The summed E-state index contributed by atoms with van der Waals surface area (Å²) in [6.45, 7) is 1.81. The fourth-order valence-corrected chi connectivity index (χ4v) is 4.25. The molecule has 0 aliphatic carbocycles. The molecule has 140 valence electrons. The number of hydrogen-bond donors (Lipinski definition) is 2. The lowest BCUT2D eigenvalue weighted by Gasteiger charge is -2.06. The Morgan fingerprint density at radius 2 is 1.78 bits per heavy atom. The minimum Gasteiger partial charge on any atom is -0.296 e. The molecule has 0 aliphatic heterocycles. The molecule has 27 heavy (non-hydrogen) atoms. The van der Waals surface area contributed by atoms with Crippen LogP contribution in [0.15, 0.2) is 46.8 Å². The number of sulfonamides is 1. The van der Waals surface area contributed by atoms with Gasteiger partial charge in [0.15, 0.2) is 0 Å². The summed E-state index contributed by atoms with van der Waals surface area (Å²) in [5.41, 5.74) is 1.47. The van der Waals surface area contributed by atoms with Crippen LogP contribution in [-0.4, -0.2) is 24.5 Å². The number of benzene rings is 2. The number of anilines is 2. The van der Waals surface area contributed by atoms with Gasteiger partial charge < -0.3 is 0 Å². The number of nitrogens with zero attached hydrogens (tertiary/aromatic N) is 2. The number of amides is 1. The summed E-state index contributed by atoms with van der Waals surface area (Å²) >= 11 is 12.5. The Balaban J connectivity index is 1.74. The van der Waals surface area contributed by atoms with E-state index < -0.39 is 15.9 Å². The van der Waals surface area contributed by atoms with Crippen molar-refractivity contribution in [2.24, 2.45) is 0 Å². The summed E-state index contributed by atoms with van der Waals surface area (Å²) in [6, 6.07) is 11.0. The van der Waals surface area contributed by atoms with Crippen LogP contribution in [0.3, 0.4) is 0 Å². The minimum atomic E-state index is -3.96. The number of nitrogens with one attached hydrogen (secondary N) is 2. The van der Waals surface area contributed by atoms with Crippen LogP contribution in [0.25, 0.3) is 0 Å². The van der Waals surface area contributed by atoms with Crippen molar-refractivity contribution in [1.29, 1.82) is 0 Å². The molecule has 0 spiro atoms. The summed E-state index contributed by atoms with van der Waals surface area (Å²) in [5, 5.41) is 10.8. The maximum atomic E-state index is 12.4. The average Bonchev–Trinajstić information content (AvgIpc) is 3.08. The maximum Gasteiger partial charge on any atom is 0.291 e. The van der Waals surface area contributed by atoms with Crippen LogP contribution < -0.4 is 10.0 Å². The van der Waals surface area contributed by atoms with Crippen molar-refractivity contribution in [2.75, 3.05) is 10.0 Å². The zero-order valence-corrected chi connectivity index (χ0v) is 16.9. The zero-order valence-electron chi connectivity index (χ0n) is 13.7. The highest BCUT2D eigenvalue weighted by Crippen LogP contribution is 2.25. The fraction of sp³-hybridized carbons (Fsp3) is 0.0625. The summed E-state index contributed by atoms with van der Waals surface area (Å²) in [4.78, 5) is 12.1. The van der Waals surface area contributed by atoms with Gasteiger partial charge in [0.05, 0.1) is 5.69 Å². The largest absolute Gasteiger partial charge is 0.296 e. The van der Waals surface area contributed by atoms with Gasteiger partial charge in [0, 0.05) is 15.6 Å². The predicted molar refractivity (Wildman–Crippen MR) is 106 cm³/mol. The number of rotatable bonds is 5. The van der Waals surface area contributed by atoms with Gasteiger partial charge in [0.1, 0.15) is 0 Å².